The zero-order valence-electron chi connectivity index (χ0n) is 10.3. The van der Waals surface area contributed by atoms with Crippen LogP contribution in [0.3, 0.4) is 0 Å². The van der Waals surface area contributed by atoms with Crippen molar-refractivity contribution in [1.29, 1.82) is 0 Å². The lowest BCUT2D eigenvalue weighted by atomic mass is 10.2. The van der Waals surface area contributed by atoms with E-state index in [0.717, 1.165) is 9.79 Å². The Morgan fingerprint density at radius 2 is 1.79 bits per heavy atom. The van der Waals surface area contributed by atoms with Crippen molar-refractivity contribution in [3.05, 3.63) is 52.0 Å². The van der Waals surface area contributed by atoms with Crippen LogP contribution in [0.15, 0.2) is 51.1 Å². The van der Waals surface area contributed by atoms with Gasteiger partial charge in [-0.3, -0.25) is 0 Å². The Morgan fingerprint density at radius 1 is 1.05 bits per heavy atom. The fourth-order valence-corrected chi connectivity index (χ4v) is 3.81. The number of nitrogens with two attached hydrogens (primary N) is 1. The normalized spacial score (nSPS) is 10.7. The fourth-order valence-electron chi connectivity index (χ4n) is 1.70. The van der Waals surface area contributed by atoms with Gasteiger partial charge in [-0.25, -0.2) is 0 Å². The molecular formula is C14H13Cl2NS2. The molecule has 0 aromatic heterocycles. The SMILES string of the molecule is CSc1cccc(Sc2ccc(Cl)c(Cl)c2)c1CN. The monoisotopic (exact) mass is 329 g/mol. The third-order valence-electron chi connectivity index (χ3n) is 2.63. The van der Waals surface area contributed by atoms with E-state index in [0.29, 0.717) is 16.6 Å². The van der Waals surface area contributed by atoms with Gasteiger partial charge >= 0.3 is 0 Å². The van der Waals surface area contributed by atoms with Gasteiger partial charge in [-0.05, 0) is 42.2 Å². The van der Waals surface area contributed by atoms with Crippen molar-refractivity contribution < 1.29 is 0 Å². The Bertz CT molecular complexity index is 588. The molecule has 2 rings (SSSR count). The molecule has 0 bridgehead atoms. The van der Waals surface area contributed by atoms with Crippen molar-refractivity contribution in [2.45, 2.75) is 21.2 Å². The summed E-state index contributed by atoms with van der Waals surface area (Å²) in [6.45, 7) is 0.528. The first-order chi connectivity index (χ1) is 9.15. The molecule has 0 fully saturated rings. The maximum absolute atomic E-state index is 6.04. The number of rotatable bonds is 4. The highest BCUT2D eigenvalue weighted by Crippen LogP contribution is 2.36. The third-order valence-corrected chi connectivity index (χ3v) is 5.29. The summed E-state index contributed by atoms with van der Waals surface area (Å²) in [4.78, 5) is 3.43. The summed E-state index contributed by atoms with van der Waals surface area (Å²) < 4.78 is 0. The van der Waals surface area contributed by atoms with Gasteiger partial charge in [0.15, 0.2) is 0 Å². The number of hydrogen-bond acceptors (Lipinski definition) is 3. The van der Waals surface area contributed by atoms with Gasteiger partial charge in [-0.1, -0.05) is 41.0 Å². The minimum absolute atomic E-state index is 0.528. The van der Waals surface area contributed by atoms with E-state index in [1.165, 1.54) is 10.5 Å². The summed E-state index contributed by atoms with van der Waals surface area (Å²) in [6.07, 6.45) is 2.06. The molecule has 5 heteroatoms. The average molecular weight is 330 g/mol. The number of halogens is 2. The molecule has 19 heavy (non-hydrogen) atoms. The maximum Gasteiger partial charge on any atom is 0.0603 e. The first-order valence-corrected chi connectivity index (χ1v) is 8.44. The largest absolute Gasteiger partial charge is 0.326 e. The minimum atomic E-state index is 0.528. The quantitative estimate of drug-likeness (QED) is 0.768. The van der Waals surface area contributed by atoms with Crippen LogP contribution in [-0.2, 0) is 6.54 Å². The lowest BCUT2D eigenvalue weighted by Crippen LogP contribution is -2.00. The summed E-state index contributed by atoms with van der Waals surface area (Å²) in [7, 11) is 0. The number of hydrogen-bond donors (Lipinski definition) is 1. The second-order valence-corrected chi connectivity index (χ2v) is 6.60. The highest BCUT2D eigenvalue weighted by molar-refractivity contribution is 8.00. The summed E-state index contributed by atoms with van der Waals surface area (Å²) in [6, 6.07) is 11.9. The number of thioether (sulfide) groups is 1. The van der Waals surface area contributed by atoms with Gasteiger partial charge in [0.2, 0.25) is 0 Å². The lowest BCUT2D eigenvalue weighted by molar-refractivity contribution is 0.981. The molecule has 0 amide bonds. The van der Waals surface area contributed by atoms with Gasteiger partial charge in [-0.15, -0.1) is 11.8 Å². The fraction of sp³-hybridized carbons (Fsp3) is 0.143. The van der Waals surface area contributed by atoms with E-state index < -0.39 is 0 Å². The molecule has 0 unspecified atom stereocenters. The molecule has 0 aliphatic heterocycles. The molecule has 0 aliphatic rings. The van der Waals surface area contributed by atoms with Crippen molar-refractivity contribution in [3.8, 4) is 0 Å². The van der Waals surface area contributed by atoms with Crippen LogP contribution in [0.5, 0.6) is 0 Å². The molecule has 1 nitrogen and oxygen atoms in total. The predicted octanol–water partition coefficient (Wildman–Crippen LogP) is 5.33. The molecule has 2 aromatic carbocycles. The highest BCUT2D eigenvalue weighted by Gasteiger charge is 2.08. The van der Waals surface area contributed by atoms with E-state index in [9.17, 15) is 0 Å². The first kappa shape index (κ1) is 15.1. The molecule has 0 saturated heterocycles. The number of benzene rings is 2. The topological polar surface area (TPSA) is 26.0 Å². The van der Waals surface area contributed by atoms with Crippen LogP contribution < -0.4 is 5.73 Å². The van der Waals surface area contributed by atoms with Crippen molar-refractivity contribution in [2.24, 2.45) is 5.73 Å². The van der Waals surface area contributed by atoms with E-state index >= 15 is 0 Å². The van der Waals surface area contributed by atoms with Gasteiger partial charge in [-0.2, -0.15) is 0 Å². The molecular weight excluding hydrogens is 317 g/mol. The van der Waals surface area contributed by atoms with Gasteiger partial charge in [0.05, 0.1) is 10.0 Å². The van der Waals surface area contributed by atoms with Crippen LogP contribution in [0.1, 0.15) is 5.56 Å². The summed E-state index contributed by atoms with van der Waals surface area (Å²) in [5.41, 5.74) is 7.03. The molecule has 100 valence electrons. The molecule has 0 heterocycles. The smallest absolute Gasteiger partial charge is 0.0603 e. The van der Waals surface area contributed by atoms with E-state index in [1.54, 1.807) is 23.5 Å². The van der Waals surface area contributed by atoms with Crippen LogP contribution in [0, 0.1) is 0 Å². The molecule has 2 aromatic rings. The lowest BCUT2D eigenvalue weighted by Gasteiger charge is -2.11. The highest BCUT2D eigenvalue weighted by atomic mass is 35.5. The summed E-state index contributed by atoms with van der Waals surface area (Å²) in [5.74, 6) is 0. The molecule has 2 N–H and O–H groups in total. The molecule has 0 radical (unpaired) electrons. The van der Waals surface area contributed by atoms with Gasteiger partial charge < -0.3 is 5.73 Å². The Morgan fingerprint density at radius 3 is 2.42 bits per heavy atom. The predicted molar refractivity (Wildman–Crippen MR) is 86.7 cm³/mol. The zero-order chi connectivity index (χ0) is 13.8. The van der Waals surface area contributed by atoms with E-state index in [-0.39, 0.29) is 0 Å². The Hall–Kier alpha value is -0.320. The second kappa shape index (κ2) is 6.91. The molecule has 0 atom stereocenters. The zero-order valence-corrected chi connectivity index (χ0v) is 13.5. The summed E-state index contributed by atoms with van der Waals surface area (Å²) >= 11 is 15.3. The Kier molecular flexibility index (Phi) is 5.48. The van der Waals surface area contributed by atoms with Crippen LogP contribution in [0.4, 0.5) is 0 Å². The van der Waals surface area contributed by atoms with Crippen molar-refractivity contribution in [2.75, 3.05) is 6.26 Å². The van der Waals surface area contributed by atoms with Gasteiger partial charge in [0.1, 0.15) is 0 Å². The van der Waals surface area contributed by atoms with Crippen molar-refractivity contribution in [3.63, 3.8) is 0 Å². The van der Waals surface area contributed by atoms with Gasteiger partial charge in [0.25, 0.3) is 0 Å². The third kappa shape index (κ3) is 3.61. The maximum atomic E-state index is 6.04. The molecule has 0 spiro atoms. The standard InChI is InChI=1S/C14H13Cl2NS2/c1-18-13-3-2-4-14(10(13)8-17)19-9-5-6-11(15)12(16)7-9/h2-7H,8,17H2,1H3. The van der Waals surface area contributed by atoms with Crippen molar-refractivity contribution in [1.82, 2.24) is 0 Å². The second-order valence-electron chi connectivity index (χ2n) is 3.82. The molecule has 0 saturated carbocycles. The van der Waals surface area contributed by atoms with E-state index in [2.05, 4.69) is 18.4 Å². The first-order valence-electron chi connectivity index (χ1n) is 5.64. The van der Waals surface area contributed by atoms with Crippen LogP contribution in [-0.4, -0.2) is 6.26 Å². The van der Waals surface area contributed by atoms with E-state index in [1.807, 2.05) is 24.3 Å². The van der Waals surface area contributed by atoms with E-state index in [4.69, 9.17) is 28.9 Å². The van der Waals surface area contributed by atoms with Crippen LogP contribution in [0.2, 0.25) is 10.0 Å². The molecule has 0 aliphatic carbocycles. The van der Waals surface area contributed by atoms with Crippen LogP contribution in [0.25, 0.3) is 0 Å². The minimum Gasteiger partial charge on any atom is -0.326 e. The Balaban J connectivity index is 2.35. The average Bonchev–Trinajstić information content (AvgIpc) is 2.42. The Labute approximate surface area is 131 Å². The summed E-state index contributed by atoms with van der Waals surface area (Å²) in [5, 5.41) is 1.14. The van der Waals surface area contributed by atoms with Gasteiger partial charge in [0, 0.05) is 21.2 Å². The van der Waals surface area contributed by atoms with Crippen molar-refractivity contribution >= 4 is 46.7 Å². The van der Waals surface area contributed by atoms with Crippen LogP contribution >= 0.6 is 46.7 Å².